The summed E-state index contributed by atoms with van der Waals surface area (Å²) in [5.41, 5.74) is 3.39. The first kappa shape index (κ1) is 19.7. The zero-order valence-electron chi connectivity index (χ0n) is 16.8. The van der Waals surface area contributed by atoms with Gasteiger partial charge in [-0.1, -0.05) is 45.0 Å². The molecule has 146 valence electrons. The Morgan fingerprint density at radius 2 is 1.79 bits per heavy atom. The number of ether oxygens (including phenoxy) is 1. The molecule has 0 saturated heterocycles. The SMILES string of the molecule is C[C@H](NC(=O)COc1ccc(C(C)(C)C)cc1)c1ccc(-n2ccnc2)cc1. The van der Waals surface area contributed by atoms with E-state index in [9.17, 15) is 4.79 Å². The van der Waals surface area contributed by atoms with E-state index < -0.39 is 0 Å². The lowest BCUT2D eigenvalue weighted by atomic mass is 9.87. The van der Waals surface area contributed by atoms with Crippen molar-refractivity contribution in [3.05, 3.63) is 78.4 Å². The Hall–Kier alpha value is -3.08. The van der Waals surface area contributed by atoms with E-state index >= 15 is 0 Å². The van der Waals surface area contributed by atoms with Gasteiger partial charge < -0.3 is 14.6 Å². The van der Waals surface area contributed by atoms with E-state index in [1.807, 2.05) is 66.2 Å². The molecule has 3 rings (SSSR count). The predicted octanol–water partition coefficient (Wildman–Crippen LogP) is 4.43. The van der Waals surface area contributed by atoms with Crippen molar-refractivity contribution in [2.75, 3.05) is 6.61 Å². The molecule has 5 heteroatoms. The third-order valence-corrected chi connectivity index (χ3v) is 4.66. The van der Waals surface area contributed by atoms with Crippen molar-refractivity contribution in [1.29, 1.82) is 0 Å². The van der Waals surface area contributed by atoms with Crippen LogP contribution in [0.2, 0.25) is 0 Å². The minimum atomic E-state index is -0.147. The Balaban J connectivity index is 1.51. The molecule has 0 saturated carbocycles. The van der Waals surface area contributed by atoms with Crippen molar-refractivity contribution in [3.8, 4) is 11.4 Å². The number of nitrogens with one attached hydrogen (secondary N) is 1. The van der Waals surface area contributed by atoms with Gasteiger partial charge in [-0.25, -0.2) is 4.98 Å². The number of hydrogen-bond acceptors (Lipinski definition) is 3. The molecule has 1 N–H and O–H groups in total. The summed E-state index contributed by atoms with van der Waals surface area (Å²) in [7, 11) is 0. The molecule has 0 unspecified atom stereocenters. The Labute approximate surface area is 166 Å². The van der Waals surface area contributed by atoms with Crippen LogP contribution in [-0.2, 0) is 10.2 Å². The van der Waals surface area contributed by atoms with E-state index in [1.54, 1.807) is 12.5 Å². The topological polar surface area (TPSA) is 56.1 Å². The maximum atomic E-state index is 12.2. The third-order valence-electron chi connectivity index (χ3n) is 4.66. The molecule has 0 aliphatic carbocycles. The van der Waals surface area contributed by atoms with Gasteiger partial charge in [0.05, 0.1) is 12.4 Å². The van der Waals surface area contributed by atoms with Crippen LogP contribution in [0.15, 0.2) is 67.3 Å². The highest BCUT2D eigenvalue weighted by Crippen LogP contribution is 2.24. The zero-order chi connectivity index (χ0) is 20.1. The van der Waals surface area contributed by atoms with Gasteiger partial charge in [0.1, 0.15) is 5.75 Å². The molecule has 5 nitrogen and oxygen atoms in total. The molecule has 0 fully saturated rings. The molecule has 1 amide bonds. The first-order chi connectivity index (χ1) is 13.3. The Bertz CT molecular complexity index is 893. The van der Waals surface area contributed by atoms with Crippen molar-refractivity contribution in [2.45, 2.75) is 39.2 Å². The monoisotopic (exact) mass is 377 g/mol. The van der Waals surface area contributed by atoms with Crippen LogP contribution in [0.4, 0.5) is 0 Å². The average molecular weight is 377 g/mol. The predicted molar refractivity (Wildman–Crippen MR) is 111 cm³/mol. The van der Waals surface area contributed by atoms with E-state index in [1.165, 1.54) is 5.56 Å². The fraction of sp³-hybridized carbons (Fsp3) is 0.304. The first-order valence-electron chi connectivity index (χ1n) is 9.44. The van der Waals surface area contributed by atoms with E-state index in [2.05, 4.69) is 31.1 Å². The number of imidazole rings is 1. The Kier molecular flexibility index (Phi) is 5.83. The van der Waals surface area contributed by atoms with Crippen LogP contribution in [0.1, 0.15) is 44.9 Å². The summed E-state index contributed by atoms with van der Waals surface area (Å²) in [4.78, 5) is 16.3. The fourth-order valence-electron chi connectivity index (χ4n) is 2.91. The summed E-state index contributed by atoms with van der Waals surface area (Å²) in [6.07, 6.45) is 5.39. The normalized spacial score (nSPS) is 12.4. The van der Waals surface area contributed by atoms with Crippen LogP contribution in [0, 0.1) is 0 Å². The highest BCUT2D eigenvalue weighted by Gasteiger charge is 2.14. The molecule has 3 aromatic rings. The fourth-order valence-corrected chi connectivity index (χ4v) is 2.91. The van der Waals surface area contributed by atoms with E-state index in [0.29, 0.717) is 5.75 Å². The molecule has 28 heavy (non-hydrogen) atoms. The minimum Gasteiger partial charge on any atom is -0.484 e. The van der Waals surface area contributed by atoms with Crippen molar-refractivity contribution >= 4 is 5.91 Å². The molecular weight excluding hydrogens is 350 g/mol. The minimum absolute atomic E-state index is 0.00761. The summed E-state index contributed by atoms with van der Waals surface area (Å²) in [5.74, 6) is 0.548. The van der Waals surface area contributed by atoms with Gasteiger partial charge in [0.15, 0.2) is 6.61 Å². The second kappa shape index (κ2) is 8.30. The van der Waals surface area contributed by atoms with Crippen molar-refractivity contribution in [1.82, 2.24) is 14.9 Å². The van der Waals surface area contributed by atoms with Crippen molar-refractivity contribution in [3.63, 3.8) is 0 Å². The van der Waals surface area contributed by atoms with Crippen LogP contribution in [0.3, 0.4) is 0 Å². The maximum Gasteiger partial charge on any atom is 0.258 e. The van der Waals surface area contributed by atoms with Gasteiger partial charge in [0.25, 0.3) is 5.91 Å². The summed E-state index contributed by atoms with van der Waals surface area (Å²) in [5, 5.41) is 2.97. The average Bonchev–Trinajstić information content (AvgIpc) is 3.21. The largest absolute Gasteiger partial charge is 0.484 e. The van der Waals surface area contributed by atoms with Crippen LogP contribution in [0.25, 0.3) is 5.69 Å². The Morgan fingerprint density at radius 3 is 2.36 bits per heavy atom. The lowest BCUT2D eigenvalue weighted by Crippen LogP contribution is -2.31. The van der Waals surface area contributed by atoms with Crippen molar-refractivity contribution in [2.24, 2.45) is 0 Å². The van der Waals surface area contributed by atoms with Gasteiger partial charge in [-0.15, -0.1) is 0 Å². The number of hydrogen-bond donors (Lipinski definition) is 1. The van der Waals surface area contributed by atoms with Crippen LogP contribution >= 0.6 is 0 Å². The number of rotatable bonds is 6. The molecule has 2 aromatic carbocycles. The maximum absolute atomic E-state index is 12.2. The van der Waals surface area contributed by atoms with Gasteiger partial charge in [-0.3, -0.25) is 4.79 Å². The van der Waals surface area contributed by atoms with Gasteiger partial charge in [0.2, 0.25) is 0 Å². The number of amides is 1. The summed E-state index contributed by atoms with van der Waals surface area (Å²) in [6, 6.07) is 15.8. The molecule has 0 aliphatic rings. The number of carbonyl (C=O) groups excluding carboxylic acids is 1. The molecule has 0 aliphatic heterocycles. The standard InChI is InChI=1S/C23H27N3O2/c1-17(18-5-9-20(10-6-18)26-14-13-24-16-26)25-22(27)15-28-21-11-7-19(8-12-21)23(2,3)4/h5-14,16-17H,15H2,1-4H3,(H,25,27)/t17-/m0/s1. The quantitative estimate of drug-likeness (QED) is 0.691. The van der Waals surface area contributed by atoms with Crippen molar-refractivity contribution < 1.29 is 9.53 Å². The molecule has 1 atom stereocenters. The molecule has 0 radical (unpaired) electrons. The highest BCUT2D eigenvalue weighted by molar-refractivity contribution is 5.78. The first-order valence-corrected chi connectivity index (χ1v) is 9.44. The molecule has 1 heterocycles. The number of aromatic nitrogens is 2. The van der Waals surface area contributed by atoms with Gasteiger partial charge in [0, 0.05) is 18.1 Å². The van der Waals surface area contributed by atoms with E-state index in [0.717, 1.165) is 11.3 Å². The van der Waals surface area contributed by atoms with Gasteiger partial charge >= 0.3 is 0 Å². The molecule has 0 bridgehead atoms. The van der Waals surface area contributed by atoms with Gasteiger partial charge in [-0.2, -0.15) is 0 Å². The molecule has 0 spiro atoms. The zero-order valence-corrected chi connectivity index (χ0v) is 16.8. The van der Waals surface area contributed by atoms with Crippen LogP contribution in [-0.4, -0.2) is 22.1 Å². The second-order valence-corrected chi connectivity index (χ2v) is 7.91. The number of carbonyl (C=O) groups is 1. The lowest BCUT2D eigenvalue weighted by molar-refractivity contribution is -0.123. The number of nitrogens with zero attached hydrogens (tertiary/aromatic N) is 2. The third kappa shape index (κ3) is 5.00. The summed E-state index contributed by atoms with van der Waals surface area (Å²) in [6.45, 7) is 8.45. The van der Waals surface area contributed by atoms with Crippen LogP contribution < -0.4 is 10.1 Å². The summed E-state index contributed by atoms with van der Waals surface area (Å²) < 4.78 is 7.55. The second-order valence-electron chi connectivity index (χ2n) is 7.91. The number of benzene rings is 2. The summed E-state index contributed by atoms with van der Waals surface area (Å²) >= 11 is 0. The van der Waals surface area contributed by atoms with Gasteiger partial charge in [-0.05, 0) is 47.7 Å². The molecule has 1 aromatic heterocycles. The van der Waals surface area contributed by atoms with Crippen LogP contribution in [0.5, 0.6) is 5.75 Å². The Morgan fingerprint density at radius 1 is 1.11 bits per heavy atom. The smallest absolute Gasteiger partial charge is 0.258 e. The van der Waals surface area contributed by atoms with E-state index in [4.69, 9.17) is 4.74 Å². The lowest BCUT2D eigenvalue weighted by Gasteiger charge is -2.19. The molecular formula is C23H27N3O2. The van der Waals surface area contributed by atoms with E-state index in [-0.39, 0.29) is 24.0 Å². The highest BCUT2D eigenvalue weighted by atomic mass is 16.5.